The molecule has 120 valence electrons. The third-order valence-electron chi connectivity index (χ3n) is 5.12. The first kappa shape index (κ1) is 16.3. The van der Waals surface area contributed by atoms with E-state index in [1.807, 2.05) is 0 Å². The Labute approximate surface area is 127 Å². The molecule has 1 amide bonds. The van der Waals surface area contributed by atoms with Crippen molar-refractivity contribution in [2.75, 3.05) is 6.54 Å². The summed E-state index contributed by atoms with van der Waals surface area (Å²) >= 11 is 0. The maximum absolute atomic E-state index is 12.4. The van der Waals surface area contributed by atoms with Gasteiger partial charge in [-0.05, 0) is 31.6 Å². The van der Waals surface area contributed by atoms with Gasteiger partial charge < -0.3 is 10.0 Å². The average molecular weight is 295 g/mol. The van der Waals surface area contributed by atoms with E-state index in [9.17, 15) is 9.59 Å². The van der Waals surface area contributed by atoms with Crippen LogP contribution in [0.15, 0.2) is 0 Å². The summed E-state index contributed by atoms with van der Waals surface area (Å²) < 4.78 is 0. The molecule has 21 heavy (non-hydrogen) atoms. The van der Waals surface area contributed by atoms with Crippen LogP contribution in [0.25, 0.3) is 0 Å². The van der Waals surface area contributed by atoms with Crippen molar-refractivity contribution >= 4 is 11.9 Å². The summed E-state index contributed by atoms with van der Waals surface area (Å²) in [6.45, 7) is -0.118. The fraction of sp³-hybridized carbons (Fsp3) is 0.882. The standard InChI is InChI=1S/C17H29NO3/c19-16(12-6-9-14-7-2-1-3-8-14)18(13-17(20)21)15-10-4-5-11-15/h14-15H,1-13H2,(H,20,21). The van der Waals surface area contributed by atoms with Crippen LogP contribution in [0.5, 0.6) is 0 Å². The van der Waals surface area contributed by atoms with E-state index in [4.69, 9.17) is 5.11 Å². The predicted octanol–water partition coefficient (Wildman–Crippen LogP) is 3.59. The quantitative estimate of drug-likeness (QED) is 0.781. The number of carbonyl (C=O) groups is 2. The Bertz CT molecular complexity index is 344. The number of hydrogen-bond acceptors (Lipinski definition) is 2. The Balaban J connectivity index is 1.75. The topological polar surface area (TPSA) is 57.6 Å². The number of carboxylic acids is 1. The highest BCUT2D eigenvalue weighted by Gasteiger charge is 2.28. The van der Waals surface area contributed by atoms with Crippen LogP contribution in [0, 0.1) is 5.92 Å². The van der Waals surface area contributed by atoms with Gasteiger partial charge in [0.25, 0.3) is 0 Å². The van der Waals surface area contributed by atoms with Crippen molar-refractivity contribution in [3.8, 4) is 0 Å². The number of amides is 1. The Morgan fingerprint density at radius 1 is 0.952 bits per heavy atom. The van der Waals surface area contributed by atoms with Crippen LogP contribution in [-0.4, -0.2) is 34.5 Å². The van der Waals surface area contributed by atoms with E-state index in [1.54, 1.807) is 4.90 Å². The molecule has 0 saturated heterocycles. The van der Waals surface area contributed by atoms with Gasteiger partial charge in [0, 0.05) is 12.5 Å². The number of rotatable bonds is 7. The second-order valence-electron chi connectivity index (χ2n) is 6.75. The number of hydrogen-bond donors (Lipinski definition) is 1. The molecule has 0 aromatic rings. The van der Waals surface area contributed by atoms with Crippen LogP contribution in [0.1, 0.15) is 77.0 Å². The molecular formula is C17H29NO3. The molecule has 2 aliphatic rings. The fourth-order valence-corrected chi connectivity index (χ4v) is 3.94. The Kier molecular flexibility index (Phi) is 6.52. The summed E-state index contributed by atoms with van der Waals surface area (Å²) in [7, 11) is 0. The Morgan fingerprint density at radius 2 is 1.57 bits per heavy atom. The lowest BCUT2D eigenvalue weighted by molar-refractivity contribution is -0.146. The van der Waals surface area contributed by atoms with Gasteiger partial charge in [0.05, 0.1) is 0 Å². The molecule has 0 spiro atoms. The fourth-order valence-electron chi connectivity index (χ4n) is 3.94. The highest BCUT2D eigenvalue weighted by atomic mass is 16.4. The number of aliphatic carboxylic acids is 1. The summed E-state index contributed by atoms with van der Waals surface area (Å²) in [5.74, 6) is -0.0337. The molecule has 2 fully saturated rings. The largest absolute Gasteiger partial charge is 0.480 e. The second-order valence-corrected chi connectivity index (χ2v) is 6.75. The molecule has 0 aromatic heterocycles. The minimum Gasteiger partial charge on any atom is -0.480 e. The summed E-state index contributed by atoms with van der Waals surface area (Å²) in [6, 6.07) is 0.170. The maximum atomic E-state index is 12.4. The molecule has 0 unspecified atom stereocenters. The van der Waals surface area contributed by atoms with E-state index in [1.165, 1.54) is 32.1 Å². The molecule has 2 saturated carbocycles. The van der Waals surface area contributed by atoms with E-state index >= 15 is 0 Å². The molecule has 0 aromatic carbocycles. The first-order valence-electron chi connectivity index (χ1n) is 8.68. The molecule has 0 atom stereocenters. The number of carboxylic acid groups (broad SMARTS) is 1. The maximum Gasteiger partial charge on any atom is 0.323 e. The molecule has 0 aliphatic heterocycles. The van der Waals surface area contributed by atoms with Crippen LogP contribution in [-0.2, 0) is 9.59 Å². The van der Waals surface area contributed by atoms with Crippen molar-refractivity contribution in [3.05, 3.63) is 0 Å². The van der Waals surface area contributed by atoms with Crippen molar-refractivity contribution in [2.45, 2.75) is 83.1 Å². The van der Waals surface area contributed by atoms with E-state index in [0.29, 0.717) is 6.42 Å². The second kappa shape index (κ2) is 8.40. The highest BCUT2D eigenvalue weighted by molar-refractivity contribution is 5.81. The predicted molar refractivity (Wildman–Crippen MR) is 82.0 cm³/mol. The minimum absolute atomic E-state index is 0.0557. The lowest BCUT2D eigenvalue weighted by atomic mass is 9.86. The van der Waals surface area contributed by atoms with E-state index in [0.717, 1.165) is 44.4 Å². The third kappa shape index (κ3) is 5.33. The summed E-state index contributed by atoms with van der Waals surface area (Å²) in [5, 5.41) is 9.03. The molecular weight excluding hydrogens is 266 g/mol. The number of nitrogens with zero attached hydrogens (tertiary/aromatic N) is 1. The van der Waals surface area contributed by atoms with E-state index in [2.05, 4.69) is 0 Å². The summed E-state index contributed by atoms with van der Waals surface area (Å²) in [5.41, 5.74) is 0. The summed E-state index contributed by atoms with van der Waals surface area (Å²) in [6.07, 6.45) is 13.5. The Morgan fingerprint density at radius 3 is 2.19 bits per heavy atom. The van der Waals surface area contributed by atoms with Gasteiger partial charge in [-0.2, -0.15) is 0 Å². The smallest absolute Gasteiger partial charge is 0.323 e. The third-order valence-corrected chi connectivity index (χ3v) is 5.12. The van der Waals surface area contributed by atoms with E-state index in [-0.39, 0.29) is 18.5 Å². The van der Waals surface area contributed by atoms with Crippen LogP contribution in [0.2, 0.25) is 0 Å². The first-order chi connectivity index (χ1) is 10.2. The average Bonchev–Trinajstić information content (AvgIpc) is 2.99. The van der Waals surface area contributed by atoms with Crippen molar-refractivity contribution in [1.82, 2.24) is 4.90 Å². The SMILES string of the molecule is O=C(O)CN(C(=O)CCCC1CCCCC1)C1CCCC1. The van der Waals surface area contributed by atoms with Gasteiger partial charge in [-0.1, -0.05) is 44.9 Å². The Hall–Kier alpha value is -1.06. The van der Waals surface area contributed by atoms with Crippen molar-refractivity contribution in [3.63, 3.8) is 0 Å². The van der Waals surface area contributed by atoms with Crippen LogP contribution in [0.3, 0.4) is 0 Å². The van der Waals surface area contributed by atoms with Gasteiger partial charge in [-0.25, -0.2) is 0 Å². The molecule has 0 radical (unpaired) electrons. The lowest BCUT2D eigenvalue weighted by Gasteiger charge is -2.28. The number of carbonyl (C=O) groups excluding carboxylic acids is 1. The lowest BCUT2D eigenvalue weighted by Crippen LogP contribution is -2.42. The van der Waals surface area contributed by atoms with Gasteiger partial charge in [-0.3, -0.25) is 9.59 Å². The molecule has 0 heterocycles. The van der Waals surface area contributed by atoms with Crippen molar-refractivity contribution in [2.24, 2.45) is 5.92 Å². The molecule has 0 bridgehead atoms. The van der Waals surface area contributed by atoms with Gasteiger partial charge in [0.2, 0.25) is 5.91 Å². The zero-order valence-electron chi connectivity index (χ0n) is 13.1. The van der Waals surface area contributed by atoms with Crippen LogP contribution < -0.4 is 0 Å². The normalized spacial score (nSPS) is 20.6. The minimum atomic E-state index is -0.887. The summed E-state index contributed by atoms with van der Waals surface area (Å²) in [4.78, 5) is 25.0. The molecule has 1 N–H and O–H groups in total. The molecule has 4 nitrogen and oxygen atoms in total. The molecule has 2 rings (SSSR count). The highest BCUT2D eigenvalue weighted by Crippen LogP contribution is 2.28. The van der Waals surface area contributed by atoms with Gasteiger partial charge in [0.1, 0.15) is 6.54 Å². The monoisotopic (exact) mass is 295 g/mol. The van der Waals surface area contributed by atoms with Crippen molar-refractivity contribution < 1.29 is 14.7 Å². The van der Waals surface area contributed by atoms with Gasteiger partial charge >= 0.3 is 5.97 Å². The van der Waals surface area contributed by atoms with Crippen LogP contribution >= 0.6 is 0 Å². The first-order valence-corrected chi connectivity index (χ1v) is 8.68. The van der Waals surface area contributed by atoms with Crippen LogP contribution in [0.4, 0.5) is 0 Å². The zero-order valence-corrected chi connectivity index (χ0v) is 13.1. The van der Waals surface area contributed by atoms with Crippen molar-refractivity contribution in [1.29, 1.82) is 0 Å². The zero-order chi connectivity index (χ0) is 15.1. The molecule has 4 heteroatoms. The van der Waals surface area contributed by atoms with Gasteiger partial charge in [-0.15, -0.1) is 0 Å². The van der Waals surface area contributed by atoms with E-state index < -0.39 is 5.97 Å². The van der Waals surface area contributed by atoms with Gasteiger partial charge in [0.15, 0.2) is 0 Å². The molecule has 2 aliphatic carbocycles.